The normalized spacial score (nSPS) is 16.4. The summed E-state index contributed by atoms with van der Waals surface area (Å²) in [5.41, 5.74) is 0. The van der Waals surface area contributed by atoms with E-state index in [0.717, 1.165) is 0 Å². The van der Waals surface area contributed by atoms with Crippen LogP contribution in [0.3, 0.4) is 0 Å². The number of carboxylic acids is 1. The number of nitrogens with one attached hydrogen (secondary N) is 1. The summed E-state index contributed by atoms with van der Waals surface area (Å²) in [6.07, 6.45) is -0.000509. The van der Waals surface area contributed by atoms with Gasteiger partial charge in [-0.3, -0.25) is 4.79 Å². The number of aliphatic carboxylic acids is 1. The van der Waals surface area contributed by atoms with Gasteiger partial charge < -0.3 is 5.11 Å². The van der Waals surface area contributed by atoms with Gasteiger partial charge in [-0.15, -0.1) is 0 Å². The van der Waals surface area contributed by atoms with Crippen LogP contribution in [0, 0.1) is 5.92 Å². The lowest BCUT2D eigenvalue weighted by molar-refractivity contribution is -0.137. The molecular weight excluding hydrogens is 214 g/mol. The first-order valence-corrected chi connectivity index (χ1v) is 6.19. The maximum atomic E-state index is 11.8. The van der Waals surface area contributed by atoms with E-state index >= 15 is 0 Å². The van der Waals surface area contributed by atoms with Crippen molar-refractivity contribution in [2.75, 3.05) is 0 Å². The fraction of sp³-hybridized carbons (Fsp3) is 0.900. The fourth-order valence-electron chi connectivity index (χ4n) is 0.916. The number of carbonyl (C=O) groups is 1. The molecule has 0 saturated heterocycles. The first-order chi connectivity index (χ1) is 6.64. The summed E-state index contributed by atoms with van der Waals surface area (Å²) in [7, 11) is -1.22. The summed E-state index contributed by atoms with van der Waals surface area (Å²) in [6, 6.07) is -0.248. The van der Waals surface area contributed by atoms with Crippen LogP contribution in [0.1, 0.15) is 41.0 Å². The summed E-state index contributed by atoms with van der Waals surface area (Å²) in [5.74, 6) is -0.723. The highest BCUT2D eigenvalue weighted by molar-refractivity contribution is 7.84. The van der Waals surface area contributed by atoms with Crippen molar-refractivity contribution in [3.05, 3.63) is 0 Å². The van der Waals surface area contributed by atoms with Crippen LogP contribution in [0.25, 0.3) is 0 Å². The minimum atomic E-state index is -1.22. The number of rotatable bonds is 5. The Morgan fingerprint density at radius 1 is 1.40 bits per heavy atom. The van der Waals surface area contributed by atoms with Gasteiger partial charge in [0.2, 0.25) is 0 Å². The molecule has 2 atom stereocenters. The van der Waals surface area contributed by atoms with E-state index in [0.29, 0.717) is 0 Å². The molecule has 0 aromatic carbocycles. The molecule has 0 saturated carbocycles. The van der Waals surface area contributed by atoms with Gasteiger partial charge in [0, 0.05) is 6.04 Å². The molecule has 0 aromatic heterocycles. The van der Waals surface area contributed by atoms with Crippen molar-refractivity contribution >= 4 is 17.0 Å². The molecule has 0 radical (unpaired) electrons. The Hall–Kier alpha value is -0.420. The van der Waals surface area contributed by atoms with Crippen LogP contribution >= 0.6 is 0 Å². The van der Waals surface area contributed by atoms with Gasteiger partial charge in [0.05, 0.1) is 22.2 Å². The SMILES string of the molecule is CC(C)[C@H](CC(=O)O)N[S@](=O)C(C)(C)C. The first-order valence-electron chi connectivity index (χ1n) is 5.04. The monoisotopic (exact) mass is 235 g/mol. The van der Waals surface area contributed by atoms with E-state index in [1.54, 1.807) is 0 Å². The van der Waals surface area contributed by atoms with E-state index in [1.165, 1.54) is 0 Å². The molecule has 0 heterocycles. The van der Waals surface area contributed by atoms with Crippen LogP contribution in [0.4, 0.5) is 0 Å². The van der Waals surface area contributed by atoms with Crippen LogP contribution in [-0.4, -0.2) is 26.1 Å². The average Bonchev–Trinajstić information content (AvgIpc) is 1.99. The minimum absolute atomic E-state index is 0.000509. The van der Waals surface area contributed by atoms with Crippen LogP contribution < -0.4 is 4.72 Å². The molecule has 0 fully saturated rings. The lowest BCUT2D eigenvalue weighted by Gasteiger charge is -2.25. The van der Waals surface area contributed by atoms with Gasteiger partial charge in [-0.25, -0.2) is 8.93 Å². The molecule has 0 rings (SSSR count). The minimum Gasteiger partial charge on any atom is -0.481 e. The first kappa shape index (κ1) is 14.6. The lowest BCUT2D eigenvalue weighted by atomic mass is 10.0. The Morgan fingerprint density at radius 3 is 2.13 bits per heavy atom. The maximum absolute atomic E-state index is 11.8. The zero-order valence-corrected chi connectivity index (χ0v) is 10.9. The molecule has 0 unspecified atom stereocenters. The lowest BCUT2D eigenvalue weighted by Crippen LogP contribution is -2.43. The molecule has 2 N–H and O–H groups in total. The second-order valence-electron chi connectivity index (χ2n) is 4.95. The molecular formula is C10H21NO3S. The van der Waals surface area contributed by atoms with Gasteiger partial charge in [-0.2, -0.15) is 0 Å². The third-order valence-corrected chi connectivity index (χ3v) is 3.64. The van der Waals surface area contributed by atoms with E-state index in [-0.39, 0.29) is 23.1 Å². The van der Waals surface area contributed by atoms with Crippen molar-refractivity contribution in [2.45, 2.75) is 51.8 Å². The highest BCUT2D eigenvalue weighted by atomic mass is 32.2. The molecule has 0 amide bonds. The standard InChI is InChI=1S/C10H21NO3S/c1-7(2)8(6-9(12)13)11-15(14)10(3,4)5/h7-8,11H,6H2,1-5H3,(H,12,13)/t8-,15+/m0/s1. The van der Waals surface area contributed by atoms with E-state index in [2.05, 4.69) is 4.72 Å². The molecule has 0 spiro atoms. The third-order valence-electron chi connectivity index (χ3n) is 2.01. The smallest absolute Gasteiger partial charge is 0.304 e. The molecule has 0 aliphatic heterocycles. The molecule has 0 aromatic rings. The van der Waals surface area contributed by atoms with Crippen molar-refractivity contribution in [3.63, 3.8) is 0 Å². The van der Waals surface area contributed by atoms with E-state index < -0.39 is 17.0 Å². The van der Waals surface area contributed by atoms with Crippen LogP contribution in [-0.2, 0) is 15.8 Å². The Morgan fingerprint density at radius 2 is 1.87 bits per heavy atom. The molecule has 4 nitrogen and oxygen atoms in total. The highest BCUT2D eigenvalue weighted by Crippen LogP contribution is 2.13. The second kappa shape index (κ2) is 5.61. The van der Waals surface area contributed by atoms with Gasteiger partial charge >= 0.3 is 5.97 Å². The van der Waals surface area contributed by atoms with E-state index in [9.17, 15) is 9.00 Å². The van der Waals surface area contributed by atoms with Gasteiger partial charge in [-0.1, -0.05) is 13.8 Å². The molecule has 90 valence electrons. The highest BCUT2D eigenvalue weighted by Gasteiger charge is 2.25. The maximum Gasteiger partial charge on any atom is 0.304 e. The largest absolute Gasteiger partial charge is 0.481 e. The van der Waals surface area contributed by atoms with Gasteiger partial charge in [0.25, 0.3) is 0 Å². The topological polar surface area (TPSA) is 66.4 Å². The summed E-state index contributed by atoms with van der Waals surface area (Å²) in [4.78, 5) is 10.6. The Bertz CT molecular complexity index is 246. The Kier molecular flexibility index (Phi) is 5.45. The molecule has 0 aliphatic rings. The van der Waals surface area contributed by atoms with Crippen molar-refractivity contribution in [1.29, 1.82) is 0 Å². The number of hydrogen-bond acceptors (Lipinski definition) is 2. The van der Waals surface area contributed by atoms with Crippen molar-refractivity contribution in [3.8, 4) is 0 Å². The molecule has 0 aliphatic carbocycles. The van der Waals surface area contributed by atoms with Crippen molar-refractivity contribution in [2.24, 2.45) is 5.92 Å². The second-order valence-corrected chi connectivity index (χ2v) is 6.95. The average molecular weight is 235 g/mol. The van der Waals surface area contributed by atoms with Crippen LogP contribution in [0.15, 0.2) is 0 Å². The van der Waals surface area contributed by atoms with Crippen LogP contribution in [0.5, 0.6) is 0 Å². The zero-order chi connectivity index (χ0) is 12.2. The Balaban J connectivity index is 4.42. The predicted molar refractivity (Wildman–Crippen MR) is 61.9 cm³/mol. The van der Waals surface area contributed by atoms with Crippen LogP contribution in [0.2, 0.25) is 0 Å². The predicted octanol–water partition coefficient (Wildman–Crippen LogP) is 1.54. The van der Waals surface area contributed by atoms with Crippen molar-refractivity contribution < 1.29 is 14.1 Å². The van der Waals surface area contributed by atoms with Gasteiger partial charge in [0.1, 0.15) is 0 Å². The van der Waals surface area contributed by atoms with Gasteiger partial charge in [-0.05, 0) is 26.7 Å². The summed E-state index contributed by atoms with van der Waals surface area (Å²) < 4.78 is 14.3. The molecule has 5 heteroatoms. The zero-order valence-electron chi connectivity index (χ0n) is 10.0. The summed E-state index contributed by atoms with van der Waals surface area (Å²) in [6.45, 7) is 9.40. The van der Waals surface area contributed by atoms with E-state index in [1.807, 2.05) is 34.6 Å². The number of hydrogen-bond donors (Lipinski definition) is 2. The third kappa shape index (κ3) is 5.89. The fourth-order valence-corrected chi connectivity index (χ4v) is 1.90. The van der Waals surface area contributed by atoms with E-state index in [4.69, 9.17) is 5.11 Å². The van der Waals surface area contributed by atoms with Gasteiger partial charge in [0.15, 0.2) is 0 Å². The molecule has 15 heavy (non-hydrogen) atoms. The quantitative estimate of drug-likeness (QED) is 0.759. The summed E-state index contributed by atoms with van der Waals surface area (Å²) >= 11 is 0. The molecule has 0 bridgehead atoms. The van der Waals surface area contributed by atoms with Crippen molar-refractivity contribution in [1.82, 2.24) is 4.72 Å². The Labute approximate surface area is 94.0 Å². The number of carboxylic acid groups (broad SMARTS) is 1. The summed E-state index contributed by atoms with van der Waals surface area (Å²) in [5, 5.41) is 8.71.